The predicted molar refractivity (Wildman–Crippen MR) is 66.2 cm³/mol. The molecule has 0 bridgehead atoms. The Bertz CT molecular complexity index is 526. The number of nitrogens with zero attached hydrogens (tertiary/aromatic N) is 1. The Morgan fingerprint density at radius 1 is 1.47 bits per heavy atom. The molecule has 0 aliphatic carbocycles. The molecule has 88 valence electrons. The number of aromatic nitrogens is 1. The van der Waals surface area contributed by atoms with Crippen LogP contribution in [0.5, 0.6) is 0 Å². The zero-order valence-corrected chi connectivity index (χ0v) is 10.4. The highest BCUT2D eigenvalue weighted by Gasteiger charge is 2.08. The Balaban J connectivity index is 2.02. The van der Waals surface area contributed by atoms with Crippen molar-refractivity contribution in [1.29, 1.82) is 0 Å². The van der Waals surface area contributed by atoms with E-state index >= 15 is 0 Å². The second-order valence-electron chi connectivity index (χ2n) is 3.40. The molecule has 0 unspecified atom stereocenters. The number of hydrogen-bond acceptors (Lipinski definition) is 4. The fourth-order valence-electron chi connectivity index (χ4n) is 1.27. The third kappa shape index (κ3) is 2.85. The van der Waals surface area contributed by atoms with E-state index in [0.717, 1.165) is 0 Å². The third-order valence-electron chi connectivity index (χ3n) is 2.18. The standard InChI is InChI=1S/C11H10BrN3O2/c12-9-5-7(1-2-10(9)13)11(16)14-6-8-3-4-15-17-8/h1-5H,6,13H2,(H,14,16). The van der Waals surface area contributed by atoms with Crippen molar-refractivity contribution in [3.05, 3.63) is 46.3 Å². The van der Waals surface area contributed by atoms with Gasteiger partial charge in [0.05, 0.1) is 12.7 Å². The van der Waals surface area contributed by atoms with Gasteiger partial charge in [-0.2, -0.15) is 0 Å². The second kappa shape index (κ2) is 5.01. The Kier molecular flexibility index (Phi) is 3.43. The molecule has 0 spiro atoms. The molecule has 2 aromatic rings. The van der Waals surface area contributed by atoms with E-state index in [2.05, 4.69) is 26.4 Å². The summed E-state index contributed by atoms with van der Waals surface area (Å²) in [6, 6.07) is 6.70. The Hall–Kier alpha value is -1.82. The highest BCUT2D eigenvalue weighted by atomic mass is 79.9. The maximum atomic E-state index is 11.8. The van der Waals surface area contributed by atoms with Crippen molar-refractivity contribution >= 4 is 27.5 Å². The van der Waals surface area contributed by atoms with Gasteiger partial charge in [0.25, 0.3) is 5.91 Å². The molecule has 5 nitrogen and oxygen atoms in total. The lowest BCUT2D eigenvalue weighted by Crippen LogP contribution is -2.22. The lowest BCUT2D eigenvalue weighted by molar-refractivity contribution is 0.0947. The van der Waals surface area contributed by atoms with Crippen LogP contribution in [0.1, 0.15) is 16.1 Å². The van der Waals surface area contributed by atoms with E-state index in [1.165, 1.54) is 6.20 Å². The summed E-state index contributed by atoms with van der Waals surface area (Å²) in [5.74, 6) is 0.412. The first-order chi connectivity index (χ1) is 8.16. The molecule has 1 amide bonds. The monoisotopic (exact) mass is 295 g/mol. The van der Waals surface area contributed by atoms with Gasteiger partial charge >= 0.3 is 0 Å². The number of nitrogens with two attached hydrogens (primary N) is 1. The maximum absolute atomic E-state index is 11.8. The molecule has 1 aromatic carbocycles. The minimum absolute atomic E-state index is 0.192. The smallest absolute Gasteiger partial charge is 0.251 e. The van der Waals surface area contributed by atoms with Crippen molar-refractivity contribution in [2.24, 2.45) is 0 Å². The van der Waals surface area contributed by atoms with E-state index in [1.807, 2.05) is 0 Å². The van der Waals surface area contributed by atoms with Crippen LogP contribution in [-0.4, -0.2) is 11.1 Å². The molecule has 0 radical (unpaired) electrons. The molecule has 17 heavy (non-hydrogen) atoms. The zero-order valence-electron chi connectivity index (χ0n) is 8.81. The fourth-order valence-corrected chi connectivity index (χ4v) is 1.65. The van der Waals surface area contributed by atoms with Gasteiger partial charge in [0.15, 0.2) is 5.76 Å². The van der Waals surface area contributed by atoms with Crippen molar-refractivity contribution < 1.29 is 9.32 Å². The average Bonchev–Trinajstić information content (AvgIpc) is 2.82. The van der Waals surface area contributed by atoms with Gasteiger partial charge < -0.3 is 15.6 Å². The first-order valence-electron chi connectivity index (χ1n) is 4.89. The highest BCUT2D eigenvalue weighted by Crippen LogP contribution is 2.20. The second-order valence-corrected chi connectivity index (χ2v) is 4.25. The van der Waals surface area contributed by atoms with Gasteiger partial charge in [0.1, 0.15) is 0 Å². The van der Waals surface area contributed by atoms with Crippen LogP contribution in [-0.2, 0) is 6.54 Å². The summed E-state index contributed by atoms with van der Waals surface area (Å²) in [5.41, 5.74) is 6.77. The number of benzene rings is 1. The Labute approximate surface area is 106 Å². The van der Waals surface area contributed by atoms with Gasteiger partial charge in [-0.15, -0.1) is 0 Å². The number of carbonyl (C=O) groups excluding carboxylic acids is 1. The molecular weight excluding hydrogens is 286 g/mol. The number of carbonyl (C=O) groups is 1. The largest absolute Gasteiger partial charge is 0.398 e. The van der Waals surface area contributed by atoms with Gasteiger partial charge in [-0.1, -0.05) is 5.16 Å². The van der Waals surface area contributed by atoms with Crippen LogP contribution in [0, 0.1) is 0 Å². The Morgan fingerprint density at radius 3 is 2.94 bits per heavy atom. The van der Waals surface area contributed by atoms with Crippen molar-refractivity contribution in [1.82, 2.24) is 10.5 Å². The molecule has 0 saturated carbocycles. The van der Waals surface area contributed by atoms with Crippen LogP contribution in [0.2, 0.25) is 0 Å². The van der Waals surface area contributed by atoms with Crippen LogP contribution in [0.3, 0.4) is 0 Å². The summed E-state index contributed by atoms with van der Waals surface area (Å²) in [5, 5.41) is 6.26. The van der Waals surface area contributed by atoms with Crippen molar-refractivity contribution in [2.75, 3.05) is 5.73 Å². The fraction of sp³-hybridized carbons (Fsp3) is 0.0909. The zero-order chi connectivity index (χ0) is 12.3. The van der Waals surface area contributed by atoms with E-state index in [9.17, 15) is 4.79 Å². The maximum Gasteiger partial charge on any atom is 0.251 e. The molecule has 0 fully saturated rings. The number of nitrogens with one attached hydrogen (secondary N) is 1. The SMILES string of the molecule is Nc1ccc(C(=O)NCc2ccno2)cc1Br. The number of halogens is 1. The van der Waals surface area contributed by atoms with Crippen LogP contribution >= 0.6 is 15.9 Å². The molecule has 0 saturated heterocycles. The van der Waals surface area contributed by atoms with Crippen LogP contribution in [0.4, 0.5) is 5.69 Å². The van der Waals surface area contributed by atoms with E-state index in [0.29, 0.717) is 28.0 Å². The van der Waals surface area contributed by atoms with Crippen molar-refractivity contribution in [3.8, 4) is 0 Å². The van der Waals surface area contributed by atoms with E-state index in [1.54, 1.807) is 24.3 Å². The minimum atomic E-state index is -0.192. The highest BCUT2D eigenvalue weighted by molar-refractivity contribution is 9.10. The van der Waals surface area contributed by atoms with Crippen LogP contribution < -0.4 is 11.1 Å². The van der Waals surface area contributed by atoms with Crippen molar-refractivity contribution in [2.45, 2.75) is 6.54 Å². The predicted octanol–water partition coefficient (Wildman–Crippen LogP) is 1.95. The van der Waals surface area contributed by atoms with E-state index < -0.39 is 0 Å². The minimum Gasteiger partial charge on any atom is -0.398 e. The Morgan fingerprint density at radius 2 is 2.29 bits per heavy atom. The van der Waals surface area contributed by atoms with Crippen LogP contribution in [0.25, 0.3) is 0 Å². The summed E-state index contributed by atoms with van der Waals surface area (Å²) in [6.07, 6.45) is 1.53. The topological polar surface area (TPSA) is 81.2 Å². The summed E-state index contributed by atoms with van der Waals surface area (Å²) < 4.78 is 5.57. The summed E-state index contributed by atoms with van der Waals surface area (Å²) in [7, 11) is 0. The molecule has 1 aromatic heterocycles. The first-order valence-corrected chi connectivity index (χ1v) is 5.69. The van der Waals surface area contributed by atoms with Gasteiger partial charge in [-0.3, -0.25) is 4.79 Å². The van der Waals surface area contributed by atoms with Crippen molar-refractivity contribution in [3.63, 3.8) is 0 Å². The molecular formula is C11H10BrN3O2. The van der Waals surface area contributed by atoms with Gasteiger partial charge in [0, 0.05) is 21.8 Å². The summed E-state index contributed by atoms with van der Waals surface area (Å²) in [6.45, 7) is 0.306. The molecule has 0 aliphatic heterocycles. The summed E-state index contributed by atoms with van der Waals surface area (Å²) in [4.78, 5) is 11.8. The number of nitrogen functional groups attached to an aromatic ring is 1. The molecule has 0 atom stereocenters. The third-order valence-corrected chi connectivity index (χ3v) is 2.86. The molecule has 3 N–H and O–H groups in total. The lowest BCUT2D eigenvalue weighted by atomic mass is 10.2. The molecule has 6 heteroatoms. The van der Waals surface area contributed by atoms with E-state index in [4.69, 9.17) is 10.3 Å². The number of hydrogen-bond donors (Lipinski definition) is 2. The van der Waals surface area contributed by atoms with Gasteiger partial charge in [0.2, 0.25) is 0 Å². The van der Waals surface area contributed by atoms with Gasteiger partial charge in [-0.05, 0) is 34.1 Å². The quantitative estimate of drug-likeness (QED) is 0.848. The first kappa shape index (κ1) is 11.7. The number of anilines is 1. The normalized spacial score (nSPS) is 10.2. The molecule has 2 rings (SSSR count). The number of rotatable bonds is 3. The average molecular weight is 296 g/mol. The van der Waals surface area contributed by atoms with Crippen LogP contribution in [0.15, 0.2) is 39.5 Å². The van der Waals surface area contributed by atoms with E-state index in [-0.39, 0.29) is 5.91 Å². The van der Waals surface area contributed by atoms with Gasteiger partial charge in [-0.25, -0.2) is 0 Å². The molecule has 1 heterocycles. The lowest BCUT2D eigenvalue weighted by Gasteiger charge is -2.04. The molecule has 0 aliphatic rings. The number of amides is 1. The summed E-state index contributed by atoms with van der Waals surface area (Å²) >= 11 is 3.27.